The highest BCUT2D eigenvalue weighted by Crippen LogP contribution is 2.61. The van der Waals surface area contributed by atoms with Gasteiger partial charge in [0.1, 0.15) is 18.1 Å². The SMILES string of the molecule is Cc1ccc(CC23CC4CC(CC(C4)C2)C3)cc1-c1ncc(C(=O)OCc2ccccc2)[nH]1. The van der Waals surface area contributed by atoms with E-state index in [-0.39, 0.29) is 12.6 Å². The van der Waals surface area contributed by atoms with Gasteiger partial charge in [0.15, 0.2) is 0 Å². The van der Waals surface area contributed by atoms with Gasteiger partial charge in [-0.1, -0.05) is 42.5 Å². The molecule has 1 aromatic heterocycles. The van der Waals surface area contributed by atoms with Gasteiger partial charge in [0.2, 0.25) is 0 Å². The zero-order chi connectivity index (χ0) is 22.4. The lowest BCUT2D eigenvalue weighted by atomic mass is 9.48. The van der Waals surface area contributed by atoms with Crippen LogP contribution in [-0.2, 0) is 17.8 Å². The number of carbonyl (C=O) groups excluding carboxylic acids is 1. The first-order valence-electron chi connectivity index (χ1n) is 12.4. The third kappa shape index (κ3) is 4.12. The van der Waals surface area contributed by atoms with Crippen molar-refractivity contribution in [3.05, 3.63) is 77.1 Å². The molecule has 0 saturated heterocycles. The number of aromatic nitrogens is 2. The summed E-state index contributed by atoms with van der Waals surface area (Å²) in [7, 11) is 0. The molecule has 7 rings (SSSR count). The van der Waals surface area contributed by atoms with Crippen LogP contribution in [0.15, 0.2) is 54.7 Å². The Morgan fingerprint density at radius 1 is 1.00 bits per heavy atom. The Morgan fingerprint density at radius 3 is 2.39 bits per heavy atom. The smallest absolute Gasteiger partial charge is 0.356 e. The molecule has 3 aromatic rings. The fourth-order valence-electron chi connectivity index (χ4n) is 7.34. The molecular formula is C29H32N2O2. The van der Waals surface area contributed by atoms with Gasteiger partial charge in [-0.05, 0) is 97.8 Å². The van der Waals surface area contributed by atoms with Crippen molar-refractivity contribution in [1.82, 2.24) is 9.97 Å². The number of benzene rings is 2. The van der Waals surface area contributed by atoms with Crippen molar-refractivity contribution in [3.63, 3.8) is 0 Å². The highest BCUT2D eigenvalue weighted by Gasteiger charge is 2.50. The molecule has 0 amide bonds. The Bertz CT molecular complexity index is 1130. The number of imidazole rings is 1. The maximum atomic E-state index is 12.5. The molecule has 4 nitrogen and oxygen atoms in total. The van der Waals surface area contributed by atoms with Crippen molar-refractivity contribution in [3.8, 4) is 11.4 Å². The Labute approximate surface area is 195 Å². The minimum Gasteiger partial charge on any atom is -0.456 e. The summed E-state index contributed by atoms with van der Waals surface area (Å²) in [6, 6.07) is 16.5. The number of hydrogen-bond donors (Lipinski definition) is 1. The van der Waals surface area contributed by atoms with E-state index in [1.165, 1.54) is 56.1 Å². The van der Waals surface area contributed by atoms with E-state index in [1.807, 2.05) is 30.3 Å². The standard InChI is InChI=1S/C29H32N2O2/c1-19-7-8-21(13-29-14-22-9-23(15-29)11-24(10-22)16-29)12-25(19)27-30-17-26(31-27)28(32)33-18-20-5-3-2-4-6-20/h2-8,12,17,22-24H,9-11,13-16,18H2,1H3,(H,30,31). The first kappa shape index (κ1) is 20.7. The molecule has 4 bridgehead atoms. The van der Waals surface area contributed by atoms with Gasteiger partial charge >= 0.3 is 5.97 Å². The Kier molecular flexibility index (Phi) is 5.12. The predicted molar refractivity (Wildman–Crippen MR) is 129 cm³/mol. The first-order valence-corrected chi connectivity index (χ1v) is 12.4. The number of aryl methyl sites for hydroxylation is 1. The molecule has 0 spiro atoms. The highest BCUT2D eigenvalue weighted by molar-refractivity contribution is 5.87. The Balaban J connectivity index is 1.18. The second-order valence-electron chi connectivity index (χ2n) is 11.0. The van der Waals surface area contributed by atoms with Gasteiger partial charge in [-0.2, -0.15) is 0 Å². The summed E-state index contributed by atoms with van der Waals surface area (Å²) in [6.07, 6.45) is 11.5. The fourth-order valence-corrected chi connectivity index (χ4v) is 7.34. The molecule has 4 aliphatic carbocycles. The van der Waals surface area contributed by atoms with Crippen LogP contribution in [0.5, 0.6) is 0 Å². The average Bonchev–Trinajstić information content (AvgIpc) is 3.28. The molecule has 0 radical (unpaired) electrons. The topological polar surface area (TPSA) is 55.0 Å². The Morgan fingerprint density at radius 2 is 1.70 bits per heavy atom. The van der Waals surface area contributed by atoms with Crippen LogP contribution < -0.4 is 0 Å². The zero-order valence-electron chi connectivity index (χ0n) is 19.3. The number of ether oxygens (including phenoxy) is 1. The molecule has 33 heavy (non-hydrogen) atoms. The minimum atomic E-state index is -0.375. The van der Waals surface area contributed by atoms with Crippen molar-refractivity contribution in [1.29, 1.82) is 0 Å². The maximum absolute atomic E-state index is 12.5. The molecule has 4 heteroatoms. The van der Waals surface area contributed by atoms with Gasteiger partial charge in [-0.15, -0.1) is 0 Å². The normalized spacial score (nSPS) is 27.6. The van der Waals surface area contributed by atoms with Crippen LogP contribution in [0.4, 0.5) is 0 Å². The molecule has 4 aliphatic rings. The van der Waals surface area contributed by atoms with E-state index in [9.17, 15) is 4.79 Å². The van der Waals surface area contributed by atoms with Gasteiger partial charge in [0.05, 0.1) is 6.20 Å². The van der Waals surface area contributed by atoms with E-state index in [4.69, 9.17) is 4.74 Å². The molecule has 0 atom stereocenters. The van der Waals surface area contributed by atoms with Gasteiger partial charge in [-0.25, -0.2) is 9.78 Å². The predicted octanol–water partition coefficient (Wildman–Crippen LogP) is 6.50. The third-order valence-corrected chi connectivity index (χ3v) is 8.31. The van der Waals surface area contributed by atoms with Gasteiger partial charge in [0.25, 0.3) is 0 Å². The molecule has 4 fully saturated rings. The second kappa shape index (κ2) is 8.16. The summed E-state index contributed by atoms with van der Waals surface area (Å²) in [6.45, 7) is 2.37. The zero-order valence-corrected chi connectivity index (χ0v) is 19.3. The van der Waals surface area contributed by atoms with Crippen molar-refractivity contribution in [2.24, 2.45) is 23.2 Å². The molecule has 4 saturated carbocycles. The minimum absolute atomic E-state index is 0.258. The third-order valence-electron chi connectivity index (χ3n) is 8.31. The van der Waals surface area contributed by atoms with E-state index in [0.29, 0.717) is 11.1 Å². The lowest BCUT2D eigenvalue weighted by Crippen LogP contribution is -2.47. The van der Waals surface area contributed by atoms with Crippen LogP contribution >= 0.6 is 0 Å². The van der Waals surface area contributed by atoms with Gasteiger partial charge < -0.3 is 9.72 Å². The number of nitrogens with zero attached hydrogens (tertiary/aromatic N) is 1. The number of hydrogen-bond acceptors (Lipinski definition) is 3. The Hall–Kier alpha value is -2.88. The number of rotatable bonds is 6. The van der Waals surface area contributed by atoms with Crippen LogP contribution in [-0.4, -0.2) is 15.9 Å². The number of carbonyl (C=O) groups is 1. The largest absolute Gasteiger partial charge is 0.456 e. The van der Waals surface area contributed by atoms with E-state index in [2.05, 4.69) is 35.1 Å². The first-order chi connectivity index (χ1) is 16.1. The fraction of sp³-hybridized carbons (Fsp3) is 0.448. The average molecular weight is 441 g/mol. The van der Waals surface area contributed by atoms with Crippen LogP contribution in [0.2, 0.25) is 0 Å². The molecule has 2 aromatic carbocycles. The van der Waals surface area contributed by atoms with Crippen LogP contribution in [0, 0.1) is 30.1 Å². The van der Waals surface area contributed by atoms with Crippen molar-refractivity contribution in [2.45, 2.75) is 58.5 Å². The van der Waals surface area contributed by atoms with Crippen molar-refractivity contribution >= 4 is 5.97 Å². The molecule has 1 N–H and O–H groups in total. The quantitative estimate of drug-likeness (QED) is 0.445. The summed E-state index contributed by atoms with van der Waals surface area (Å²) in [5.41, 5.74) is 5.53. The van der Waals surface area contributed by atoms with Gasteiger partial charge in [-0.3, -0.25) is 0 Å². The second-order valence-corrected chi connectivity index (χ2v) is 11.0. The lowest BCUT2D eigenvalue weighted by Gasteiger charge is -2.57. The number of H-pyrrole nitrogens is 1. The van der Waals surface area contributed by atoms with Crippen LogP contribution in [0.1, 0.15) is 65.7 Å². The molecule has 170 valence electrons. The summed E-state index contributed by atoms with van der Waals surface area (Å²) in [5.74, 6) is 3.27. The van der Waals surface area contributed by atoms with Crippen LogP contribution in [0.3, 0.4) is 0 Å². The molecular weight excluding hydrogens is 408 g/mol. The summed E-state index contributed by atoms with van der Waals surface area (Å²) < 4.78 is 5.47. The maximum Gasteiger partial charge on any atom is 0.356 e. The van der Waals surface area contributed by atoms with E-state index in [1.54, 1.807) is 6.20 Å². The number of esters is 1. The summed E-state index contributed by atoms with van der Waals surface area (Å²) >= 11 is 0. The highest BCUT2D eigenvalue weighted by atomic mass is 16.5. The van der Waals surface area contributed by atoms with Crippen LogP contribution in [0.25, 0.3) is 11.4 Å². The van der Waals surface area contributed by atoms with Crippen molar-refractivity contribution < 1.29 is 9.53 Å². The number of aromatic amines is 1. The lowest BCUT2D eigenvalue weighted by molar-refractivity contribution is -0.0521. The van der Waals surface area contributed by atoms with Gasteiger partial charge in [0, 0.05) is 5.56 Å². The summed E-state index contributed by atoms with van der Waals surface area (Å²) in [5, 5.41) is 0. The van der Waals surface area contributed by atoms with Crippen molar-refractivity contribution in [2.75, 3.05) is 0 Å². The van der Waals surface area contributed by atoms with E-state index >= 15 is 0 Å². The monoisotopic (exact) mass is 440 g/mol. The molecule has 1 heterocycles. The summed E-state index contributed by atoms with van der Waals surface area (Å²) in [4.78, 5) is 20.3. The molecule has 0 unspecified atom stereocenters. The van der Waals surface area contributed by atoms with E-state index < -0.39 is 0 Å². The molecule has 0 aliphatic heterocycles. The van der Waals surface area contributed by atoms with E-state index in [0.717, 1.165) is 34.7 Å². The number of nitrogens with one attached hydrogen (secondary N) is 1.